The summed E-state index contributed by atoms with van der Waals surface area (Å²) >= 11 is 0. The van der Waals surface area contributed by atoms with Crippen LogP contribution >= 0.6 is 0 Å². The highest BCUT2D eigenvalue weighted by Crippen LogP contribution is 2.42. The van der Waals surface area contributed by atoms with E-state index in [4.69, 9.17) is 19.9 Å². The van der Waals surface area contributed by atoms with Crippen molar-refractivity contribution in [3.05, 3.63) is 17.7 Å². The van der Waals surface area contributed by atoms with Gasteiger partial charge in [-0.15, -0.1) is 0 Å². The normalized spacial score (nSPS) is 12.1. The summed E-state index contributed by atoms with van der Waals surface area (Å²) in [5.74, 6) is 2.04. The molecule has 2 N–H and O–H groups in total. The molecule has 1 atom stereocenters. The van der Waals surface area contributed by atoms with Crippen molar-refractivity contribution in [2.24, 2.45) is 5.73 Å². The van der Waals surface area contributed by atoms with E-state index in [-0.39, 0.29) is 6.04 Å². The van der Waals surface area contributed by atoms with Crippen molar-refractivity contribution < 1.29 is 14.2 Å². The molecule has 1 unspecified atom stereocenters. The molecule has 0 radical (unpaired) electrons. The summed E-state index contributed by atoms with van der Waals surface area (Å²) in [6.07, 6.45) is 0. The van der Waals surface area contributed by atoms with Crippen LogP contribution in [0.1, 0.15) is 39.3 Å². The Bertz CT molecular complexity index is 378. The van der Waals surface area contributed by atoms with Crippen LogP contribution in [-0.2, 0) is 0 Å². The number of ether oxygens (including phenoxy) is 3. The van der Waals surface area contributed by atoms with Crippen LogP contribution in [0.3, 0.4) is 0 Å². The predicted molar refractivity (Wildman–Crippen MR) is 72.6 cm³/mol. The molecular formula is C14H23NO3. The molecule has 0 spiro atoms. The van der Waals surface area contributed by atoms with E-state index in [0.29, 0.717) is 37.1 Å². The van der Waals surface area contributed by atoms with Crippen molar-refractivity contribution in [1.82, 2.24) is 0 Å². The maximum Gasteiger partial charge on any atom is 0.203 e. The van der Waals surface area contributed by atoms with E-state index in [9.17, 15) is 0 Å². The molecule has 0 fully saturated rings. The summed E-state index contributed by atoms with van der Waals surface area (Å²) in [6, 6.07) is 3.71. The molecule has 0 heterocycles. The second kappa shape index (κ2) is 7.11. The Morgan fingerprint density at radius 3 is 2.00 bits per heavy atom. The number of nitrogens with two attached hydrogens (primary N) is 1. The standard InChI is InChI=1S/C14H23NO3/c1-5-16-12-9-8-11(10(4)15)13(17-6-2)14(12)18-7-3/h8-10H,5-7,15H2,1-4H3. The van der Waals surface area contributed by atoms with Gasteiger partial charge >= 0.3 is 0 Å². The van der Waals surface area contributed by atoms with E-state index in [1.54, 1.807) is 0 Å². The fourth-order valence-electron chi connectivity index (χ4n) is 1.76. The Hall–Kier alpha value is -1.42. The molecule has 102 valence electrons. The number of benzene rings is 1. The lowest BCUT2D eigenvalue weighted by Crippen LogP contribution is -2.10. The first kappa shape index (κ1) is 14.6. The fourth-order valence-corrected chi connectivity index (χ4v) is 1.76. The van der Waals surface area contributed by atoms with E-state index < -0.39 is 0 Å². The first-order chi connectivity index (χ1) is 8.65. The Balaban J connectivity index is 3.28. The van der Waals surface area contributed by atoms with Crippen LogP contribution in [0.2, 0.25) is 0 Å². The summed E-state index contributed by atoms with van der Waals surface area (Å²) < 4.78 is 16.9. The molecule has 0 aromatic heterocycles. The SMILES string of the molecule is CCOc1ccc(C(C)N)c(OCC)c1OCC. The number of hydrogen-bond donors (Lipinski definition) is 1. The largest absolute Gasteiger partial charge is 0.490 e. The van der Waals surface area contributed by atoms with Gasteiger partial charge < -0.3 is 19.9 Å². The first-order valence-electron chi connectivity index (χ1n) is 6.46. The van der Waals surface area contributed by atoms with E-state index in [1.807, 2.05) is 39.8 Å². The van der Waals surface area contributed by atoms with Crippen LogP contribution in [0.15, 0.2) is 12.1 Å². The van der Waals surface area contributed by atoms with Crippen molar-refractivity contribution in [3.63, 3.8) is 0 Å². The van der Waals surface area contributed by atoms with Gasteiger partial charge in [-0.1, -0.05) is 0 Å². The molecule has 1 aromatic carbocycles. The van der Waals surface area contributed by atoms with Gasteiger partial charge in [0.25, 0.3) is 0 Å². The second-order valence-corrected chi connectivity index (χ2v) is 3.90. The quantitative estimate of drug-likeness (QED) is 0.811. The van der Waals surface area contributed by atoms with Gasteiger partial charge in [-0.2, -0.15) is 0 Å². The maximum absolute atomic E-state index is 5.96. The fraction of sp³-hybridized carbons (Fsp3) is 0.571. The molecule has 0 saturated carbocycles. The van der Waals surface area contributed by atoms with Gasteiger partial charge in [0.05, 0.1) is 19.8 Å². The van der Waals surface area contributed by atoms with Crippen LogP contribution in [0.4, 0.5) is 0 Å². The van der Waals surface area contributed by atoms with Crippen LogP contribution in [0.5, 0.6) is 17.2 Å². The molecule has 18 heavy (non-hydrogen) atoms. The zero-order valence-electron chi connectivity index (χ0n) is 11.7. The zero-order chi connectivity index (χ0) is 13.5. The molecule has 1 aromatic rings. The van der Waals surface area contributed by atoms with Crippen molar-refractivity contribution >= 4 is 0 Å². The summed E-state index contributed by atoms with van der Waals surface area (Å²) in [5, 5.41) is 0. The Labute approximate surface area is 109 Å². The van der Waals surface area contributed by atoms with Crippen LogP contribution in [0, 0.1) is 0 Å². The molecule has 0 aliphatic rings. The highest BCUT2D eigenvalue weighted by atomic mass is 16.5. The monoisotopic (exact) mass is 253 g/mol. The van der Waals surface area contributed by atoms with Gasteiger partial charge in [0.15, 0.2) is 11.5 Å². The number of hydrogen-bond acceptors (Lipinski definition) is 4. The molecular weight excluding hydrogens is 230 g/mol. The van der Waals surface area contributed by atoms with Crippen molar-refractivity contribution in [1.29, 1.82) is 0 Å². The van der Waals surface area contributed by atoms with Gasteiger partial charge in [0.1, 0.15) is 0 Å². The first-order valence-corrected chi connectivity index (χ1v) is 6.46. The van der Waals surface area contributed by atoms with E-state index in [1.165, 1.54) is 0 Å². The lowest BCUT2D eigenvalue weighted by Gasteiger charge is -2.20. The van der Waals surface area contributed by atoms with E-state index >= 15 is 0 Å². The minimum absolute atomic E-state index is 0.110. The third kappa shape index (κ3) is 3.29. The smallest absolute Gasteiger partial charge is 0.203 e. The van der Waals surface area contributed by atoms with Crippen molar-refractivity contribution in [2.75, 3.05) is 19.8 Å². The third-order valence-electron chi connectivity index (χ3n) is 2.47. The van der Waals surface area contributed by atoms with Crippen LogP contribution < -0.4 is 19.9 Å². The Morgan fingerprint density at radius 1 is 0.944 bits per heavy atom. The third-order valence-corrected chi connectivity index (χ3v) is 2.47. The average Bonchev–Trinajstić information content (AvgIpc) is 2.33. The topological polar surface area (TPSA) is 53.7 Å². The van der Waals surface area contributed by atoms with Gasteiger partial charge in [0, 0.05) is 11.6 Å². The minimum atomic E-state index is -0.110. The summed E-state index contributed by atoms with van der Waals surface area (Å²) in [6.45, 7) is 9.45. The van der Waals surface area contributed by atoms with E-state index in [2.05, 4.69) is 0 Å². The average molecular weight is 253 g/mol. The molecule has 0 bridgehead atoms. The molecule has 0 amide bonds. The minimum Gasteiger partial charge on any atom is -0.490 e. The summed E-state index contributed by atoms with van der Waals surface area (Å²) in [5.41, 5.74) is 6.89. The molecule has 4 nitrogen and oxygen atoms in total. The van der Waals surface area contributed by atoms with Gasteiger partial charge in [-0.05, 0) is 39.8 Å². The molecule has 1 rings (SSSR count). The maximum atomic E-state index is 5.96. The van der Waals surface area contributed by atoms with Crippen molar-refractivity contribution in [2.45, 2.75) is 33.7 Å². The lowest BCUT2D eigenvalue weighted by molar-refractivity contribution is 0.258. The highest BCUT2D eigenvalue weighted by molar-refractivity contribution is 5.56. The summed E-state index contributed by atoms with van der Waals surface area (Å²) in [7, 11) is 0. The molecule has 0 aliphatic carbocycles. The van der Waals surface area contributed by atoms with E-state index in [0.717, 1.165) is 5.56 Å². The molecule has 0 saturated heterocycles. The van der Waals surface area contributed by atoms with Gasteiger partial charge in [0.2, 0.25) is 5.75 Å². The lowest BCUT2D eigenvalue weighted by atomic mass is 10.1. The zero-order valence-corrected chi connectivity index (χ0v) is 11.7. The number of rotatable bonds is 7. The Morgan fingerprint density at radius 2 is 1.50 bits per heavy atom. The predicted octanol–water partition coefficient (Wildman–Crippen LogP) is 2.90. The van der Waals surface area contributed by atoms with Gasteiger partial charge in [-0.25, -0.2) is 0 Å². The molecule has 0 aliphatic heterocycles. The Kier molecular flexibility index (Phi) is 5.78. The highest BCUT2D eigenvalue weighted by Gasteiger charge is 2.19. The van der Waals surface area contributed by atoms with Crippen LogP contribution in [0.25, 0.3) is 0 Å². The van der Waals surface area contributed by atoms with Crippen LogP contribution in [-0.4, -0.2) is 19.8 Å². The molecule has 4 heteroatoms. The van der Waals surface area contributed by atoms with Gasteiger partial charge in [-0.3, -0.25) is 0 Å². The second-order valence-electron chi connectivity index (χ2n) is 3.90. The summed E-state index contributed by atoms with van der Waals surface area (Å²) in [4.78, 5) is 0. The van der Waals surface area contributed by atoms with Crippen molar-refractivity contribution in [3.8, 4) is 17.2 Å².